The molecule has 1 N–H and O–H groups in total. The summed E-state index contributed by atoms with van der Waals surface area (Å²) in [6.07, 6.45) is 0.213. The van der Waals surface area contributed by atoms with Crippen LogP contribution in [0.2, 0.25) is 0 Å². The maximum Gasteiger partial charge on any atom is 0.303 e. The van der Waals surface area contributed by atoms with E-state index in [0.29, 0.717) is 12.8 Å². The van der Waals surface area contributed by atoms with Crippen molar-refractivity contribution in [3.05, 3.63) is 29.8 Å². The SMILES string of the molecule is COc1ccc(CCCC(F)(F)CCCC(=O)O)cc1. The lowest BCUT2D eigenvalue weighted by Gasteiger charge is -2.15. The summed E-state index contributed by atoms with van der Waals surface area (Å²) in [5.74, 6) is -3.06. The summed E-state index contributed by atoms with van der Waals surface area (Å²) in [5.41, 5.74) is 0.993. The van der Waals surface area contributed by atoms with Gasteiger partial charge in [0.25, 0.3) is 0 Å². The molecule has 0 atom stereocenters. The number of carboxylic acids is 1. The molecule has 0 saturated heterocycles. The van der Waals surface area contributed by atoms with Crippen molar-refractivity contribution in [1.29, 1.82) is 0 Å². The summed E-state index contributed by atoms with van der Waals surface area (Å²) in [7, 11) is 1.58. The summed E-state index contributed by atoms with van der Waals surface area (Å²) in [6.45, 7) is 0. The van der Waals surface area contributed by atoms with Crippen molar-refractivity contribution in [1.82, 2.24) is 0 Å². The predicted octanol–water partition coefficient (Wildman–Crippen LogP) is 3.91. The number of rotatable bonds is 9. The minimum Gasteiger partial charge on any atom is -0.497 e. The first kappa shape index (κ1) is 16.4. The number of halogens is 2. The Hall–Kier alpha value is -1.65. The Morgan fingerprint density at radius 3 is 2.35 bits per heavy atom. The fraction of sp³-hybridized carbons (Fsp3) is 0.533. The standard InChI is InChI=1S/C15H20F2O3/c1-20-13-8-6-12(7-9-13)4-2-10-15(16,17)11-3-5-14(18)19/h6-9H,2-5,10-11H2,1H3,(H,18,19). The number of alkyl halides is 2. The summed E-state index contributed by atoms with van der Waals surface area (Å²) in [6, 6.07) is 7.34. The van der Waals surface area contributed by atoms with Crippen LogP contribution < -0.4 is 4.74 Å². The van der Waals surface area contributed by atoms with Gasteiger partial charge in [0.15, 0.2) is 0 Å². The number of ether oxygens (including phenoxy) is 1. The first-order valence-corrected chi connectivity index (χ1v) is 6.65. The van der Waals surface area contributed by atoms with E-state index < -0.39 is 11.9 Å². The van der Waals surface area contributed by atoms with Crippen LogP contribution in [0.15, 0.2) is 24.3 Å². The van der Waals surface area contributed by atoms with E-state index in [1.807, 2.05) is 12.1 Å². The van der Waals surface area contributed by atoms with Crippen LogP contribution in [0.4, 0.5) is 8.78 Å². The molecule has 112 valence electrons. The zero-order chi connectivity index (χ0) is 15.0. The smallest absolute Gasteiger partial charge is 0.303 e. The van der Waals surface area contributed by atoms with Crippen LogP contribution in [0.3, 0.4) is 0 Å². The van der Waals surface area contributed by atoms with Crippen LogP contribution in [0, 0.1) is 0 Å². The van der Waals surface area contributed by atoms with Gasteiger partial charge in [-0.1, -0.05) is 12.1 Å². The minimum absolute atomic E-state index is 0.0187. The van der Waals surface area contributed by atoms with Crippen LogP contribution >= 0.6 is 0 Å². The monoisotopic (exact) mass is 286 g/mol. The molecule has 0 radical (unpaired) electrons. The lowest BCUT2D eigenvalue weighted by atomic mass is 10.0. The lowest BCUT2D eigenvalue weighted by molar-refractivity contribution is -0.137. The van der Waals surface area contributed by atoms with E-state index in [1.54, 1.807) is 19.2 Å². The molecular weight excluding hydrogens is 266 g/mol. The van der Waals surface area contributed by atoms with Crippen LogP contribution in [0.5, 0.6) is 5.75 Å². The number of benzene rings is 1. The van der Waals surface area contributed by atoms with Crippen LogP contribution in [-0.4, -0.2) is 24.1 Å². The molecule has 0 spiro atoms. The van der Waals surface area contributed by atoms with E-state index >= 15 is 0 Å². The van der Waals surface area contributed by atoms with Gasteiger partial charge in [0.2, 0.25) is 5.92 Å². The first-order valence-electron chi connectivity index (χ1n) is 6.65. The molecule has 0 bridgehead atoms. The zero-order valence-corrected chi connectivity index (χ0v) is 11.6. The molecule has 0 fully saturated rings. The van der Waals surface area contributed by atoms with Crippen molar-refractivity contribution in [2.75, 3.05) is 7.11 Å². The maximum atomic E-state index is 13.5. The second kappa shape index (κ2) is 7.82. The van der Waals surface area contributed by atoms with Crippen LogP contribution in [0.1, 0.15) is 37.7 Å². The van der Waals surface area contributed by atoms with Gasteiger partial charge < -0.3 is 9.84 Å². The van der Waals surface area contributed by atoms with Gasteiger partial charge in [-0.05, 0) is 37.0 Å². The molecule has 0 unspecified atom stereocenters. The van der Waals surface area contributed by atoms with E-state index in [9.17, 15) is 13.6 Å². The largest absolute Gasteiger partial charge is 0.497 e. The zero-order valence-electron chi connectivity index (χ0n) is 11.6. The van der Waals surface area contributed by atoms with E-state index in [4.69, 9.17) is 9.84 Å². The normalized spacial score (nSPS) is 11.3. The Kier molecular flexibility index (Phi) is 6.42. The molecule has 0 aliphatic carbocycles. The summed E-state index contributed by atoms with van der Waals surface area (Å²) in [4.78, 5) is 10.3. The molecule has 0 aliphatic rings. The van der Waals surface area contributed by atoms with E-state index in [1.165, 1.54) is 0 Å². The van der Waals surface area contributed by atoms with Crippen molar-refractivity contribution < 1.29 is 23.4 Å². The van der Waals surface area contributed by atoms with Gasteiger partial charge in [-0.3, -0.25) is 4.79 Å². The molecule has 0 aliphatic heterocycles. The molecule has 5 heteroatoms. The molecule has 1 aromatic rings. The van der Waals surface area contributed by atoms with Crippen LogP contribution in [-0.2, 0) is 11.2 Å². The van der Waals surface area contributed by atoms with Crippen molar-refractivity contribution >= 4 is 5.97 Å². The third-order valence-corrected chi connectivity index (χ3v) is 3.10. The number of hydrogen-bond acceptors (Lipinski definition) is 2. The second-order valence-electron chi connectivity index (χ2n) is 4.80. The maximum absolute atomic E-state index is 13.5. The Morgan fingerprint density at radius 2 is 1.80 bits per heavy atom. The number of hydrogen-bond donors (Lipinski definition) is 1. The van der Waals surface area contributed by atoms with Crippen molar-refractivity contribution in [2.24, 2.45) is 0 Å². The number of methoxy groups -OCH3 is 1. The molecule has 0 amide bonds. The average Bonchev–Trinajstić information content (AvgIpc) is 2.38. The highest BCUT2D eigenvalue weighted by molar-refractivity contribution is 5.66. The molecule has 1 aromatic carbocycles. The Bertz CT molecular complexity index is 416. The summed E-state index contributed by atoms with van der Waals surface area (Å²) >= 11 is 0. The fourth-order valence-corrected chi connectivity index (χ4v) is 1.97. The second-order valence-corrected chi connectivity index (χ2v) is 4.80. The highest BCUT2D eigenvalue weighted by Crippen LogP contribution is 2.27. The minimum atomic E-state index is -2.78. The van der Waals surface area contributed by atoms with Crippen molar-refractivity contribution in [2.45, 2.75) is 44.4 Å². The quantitative estimate of drug-likeness (QED) is 0.748. The van der Waals surface area contributed by atoms with E-state index in [-0.39, 0.29) is 25.7 Å². The Labute approximate surface area is 117 Å². The van der Waals surface area contributed by atoms with Crippen molar-refractivity contribution in [3.8, 4) is 5.75 Å². The molecule has 0 aromatic heterocycles. The predicted molar refractivity (Wildman–Crippen MR) is 72.4 cm³/mol. The van der Waals surface area contributed by atoms with Crippen LogP contribution in [0.25, 0.3) is 0 Å². The summed E-state index contributed by atoms with van der Waals surface area (Å²) in [5, 5.41) is 8.42. The molecule has 0 saturated carbocycles. The highest BCUT2D eigenvalue weighted by Gasteiger charge is 2.27. The highest BCUT2D eigenvalue weighted by atomic mass is 19.3. The third-order valence-electron chi connectivity index (χ3n) is 3.10. The van der Waals surface area contributed by atoms with Gasteiger partial charge in [0, 0.05) is 19.3 Å². The van der Waals surface area contributed by atoms with E-state index in [0.717, 1.165) is 11.3 Å². The topological polar surface area (TPSA) is 46.5 Å². The lowest BCUT2D eigenvalue weighted by Crippen LogP contribution is -2.16. The fourth-order valence-electron chi connectivity index (χ4n) is 1.97. The van der Waals surface area contributed by atoms with Gasteiger partial charge in [0.05, 0.1) is 7.11 Å². The Morgan fingerprint density at radius 1 is 1.20 bits per heavy atom. The number of aliphatic carboxylic acids is 1. The van der Waals surface area contributed by atoms with Gasteiger partial charge in [-0.25, -0.2) is 8.78 Å². The molecule has 1 rings (SSSR count). The summed E-state index contributed by atoms with van der Waals surface area (Å²) < 4.78 is 32.0. The molecular formula is C15H20F2O3. The number of carbonyl (C=O) groups is 1. The van der Waals surface area contributed by atoms with Crippen molar-refractivity contribution in [3.63, 3.8) is 0 Å². The Balaban J connectivity index is 2.28. The van der Waals surface area contributed by atoms with E-state index in [2.05, 4.69) is 0 Å². The van der Waals surface area contributed by atoms with Gasteiger partial charge in [-0.2, -0.15) is 0 Å². The molecule has 20 heavy (non-hydrogen) atoms. The van der Waals surface area contributed by atoms with Gasteiger partial charge in [0.1, 0.15) is 5.75 Å². The third kappa shape index (κ3) is 6.50. The number of aryl methyl sites for hydroxylation is 1. The molecule has 0 heterocycles. The van der Waals surface area contributed by atoms with Gasteiger partial charge >= 0.3 is 5.97 Å². The molecule has 3 nitrogen and oxygen atoms in total. The van der Waals surface area contributed by atoms with Gasteiger partial charge in [-0.15, -0.1) is 0 Å². The first-order chi connectivity index (χ1) is 9.43. The average molecular weight is 286 g/mol. The number of carboxylic acid groups (broad SMARTS) is 1.